The Morgan fingerprint density at radius 3 is 2.79 bits per heavy atom. The Morgan fingerprint density at radius 2 is 2.11 bits per heavy atom. The van der Waals surface area contributed by atoms with E-state index in [-0.39, 0.29) is 18.9 Å². The van der Waals surface area contributed by atoms with E-state index >= 15 is 0 Å². The number of hydrogen-bond acceptors (Lipinski definition) is 3. The first-order chi connectivity index (χ1) is 13.4. The Labute approximate surface area is 164 Å². The summed E-state index contributed by atoms with van der Waals surface area (Å²) in [6.45, 7) is 2.80. The fourth-order valence-corrected chi connectivity index (χ4v) is 4.05. The van der Waals surface area contributed by atoms with E-state index in [4.69, 9.17) is 0 Å². The summed E-state index contributed by atoms with van der Waals surface area (Å²) < 4.78 is 28.9. The third-order valence-electron chi connectivity index (χ3n) is 5.52. The van der Waals surface area contributed by atoms with E-state index in [1.54, 1.807) is 16.6 Å². The average molecular weight is 391 g/mol. The lowest BCUT2D eigenvalue weighted by atomic mass is 9.75. The van der Waals surface area contributed by atoms with Crippen molar-refractivity contribution in [2.24, 2.45) is 12.5 Å². The average Bonchev–Trinajstić information content (AvgIpc) is 3.04. The minimum absolute atomic E-state index is 0.130. The number of benzene rings is 1. The van der Waals surface area contributed by atoms with E-state index < -0.39 is 17.0 Å². The summed E-state index contributed by atoms with van der Waals surface area (Å²) in [5.74, 6) is -1.37. The molecule has 0 radical (unpaired) electrons. The van der Waals surface area contributed by atoms with Crippen LogP contribution >= 0.6 is 0 Å². The predicted octanol–water partition coefficient (Wildman–Crippen LogP) is 3.11. The van der Waals surface area contributed by atoms with Gasteiger partial charge in [0.25, 0.3) is 5.91 Å². The summed E-state index contributed by atoms with van der Waals surface area (Å²) >= 11 is 0. The van der Waals surface area contributed by atoms with Crippen molar-refractivity contribution in [3.63, 3.8) is 0 Å². The molecule has 7 heteroatoms. The second-order valence-corrected chi connectivity index (χ2v) is 7.80. The van der Waals surface area contributed by atoms with Crippen molar-refractivity contribution in [1.82, 2.24) is 14.7 Å². The Balaban J connectivity index is 1.80. The number of halogens is 2. The molecule has 1 amide bonds. The molecule has 2 heterocycles. The number of aliphatic hydroxyl groups excluding tert-OH is 1. The van der Waals surface area contributed by atoms with Crippen molar-refractivity contribution < 1.29 is 18.7 Å². The molecule has 0 aliphatic carbocycles. The number of nitrogens with zero attached hydrogens (tertiary/aromatic N) is 3. The van der Waals surface area contributed by atoms with Crippen LogP contribution in [0.2, 0.25) is 0 Å². The Morgan fingerprint density at radius 1 is 1.32 bits per heavy atom. The third kappa shape index (κ3) is 4.24. The molecular formula is C21H27F2N3O2. The second kappa shape index (κ2) is 8.39. The first-order valence-corrected chi connectivity index (χ1v) is 9.74. The van der Waals surface area contributed by atoms with Gasteiger partial charge in [-0.25, -0.2) is 8.78 Å². The smallest absolute Gasteiger partial charge is 0.272 e. The SMILES string of the molecule is CCCc1cc(C(=O)N2CCC[C@@](CO)(Cc3ccc(F)cc3F)C2)n(C)n1. The van der Waals surface area contributed by atoms with Crippen molar-refractivity contribution in [2.75, 3.05) is 19.7 Å². The van der Waals surface area contributed by atoms with E-state index in [9.17, 15) is 18.7 Å². The van der Waals surface area contributed by atoms with Crippen LogP contribution in [0, 0.1) is 17.0 Å². The van der Waals surface area contributed by atoms with Gasteiger partial charge in [-0.1, -0.05) is 19.4 Å². The van der Waals surface area contributed by atoms with Gasteiger partial charge >= 0.3 is 0 Å². The number of aromatic nitrogens is 2. The number of amides is 1. The number of aryl methyl sites for hydroxylation is 2. The van der Waals surface area contributed by atoms with Gasteiger partial charge in [0.1, 0.15) is 17.3 Å². The van der Waals surface area contributed by atoms with Crippen LogP contribution < -0.4 is 0 Å². The quantitative estimate of drug-likeness (QED) is 0.823. The maximum absolute atomic E-state index is 14.1. The van der Waals surface area contributed by atoms with Crippen molar-refractivity contribution in [3.8, 4) is 0 Å². The maximum Gasteiger partial charge on any atom is 0.272 e. The molecule has 1 aliphatic heterocycles. The molecule has 3 rings (SSSR count). The van der Waals surface area contributed by atoms with Crippen LogP contribution in [0.4, 0.5) is 8.78 Å². The molecule has 0 bridgehead atoms. The predicted molar refractivity (Wildman–Crippen MR) is 102 cm³/mol. The fraction of sp³-hybridized carbons (Fsp3) is 0.524. The molecule has 2 aromatic rings. The van der Waals surface area contributed by atoms with Crippen molar-refractivity contribution >= 4 is 5.91 Å². The normalized spacial score (nSPS) is 19.8. The van der Waals surface area contributed by atoms with Crippen LogP contribution in [0.15, 0.2) is 24.3 Å². The van der Waals surface area contributed by atoms with E-state index in [1.807, 2.05) is 6.07 Å². The summed E-state index contributed by atoms with van der Waals surface area (Å²) in [6.07, 6.45) is 3.41. The highest BCUT2D eigenvalue weighted by Crippen LogP contribution is 2.34. The Hall–Kier alpha value is -2.28. The van der Waals surface area contributed by atoms with Gasteiger partial charge in [-0.2, -0.15) is 5.10 Å². The summed E-state index contributed by atoms with van der Waals surface area (Å²) in [7, 11) is 1.75. The molecule has 1 atom stereocenters. The maximum atomic E-state index is 14.1. The Kier molecular flexibility index (Phi) is 6.13. The highest BCUT2D eigenvalue weighted by molar-refractivity contribution is 5.92. The zero-order valence-corrected chi connectivity index (χ0v) is 16.4. The van der Waals surface area contributed by atoms with Crippen molar-refractivity contribution in [1.29, 1.82) is 0 Å². The van der Waals surface area contributed by atoms with Gasteiger partial charge in [0.2, 0.25) is 0 Å². The zero-order chi connectivity index (χ0) is 20.3. The molecule has 1 N–H and O–H groups in total. The van der Waals surface area contributed by atoms with Gasteiger partial charge in [-0.3, -0.25) is 9.48 Å². The third-order valence-corrected chi connectivity index (χ3v) is 5.52. The topological polar surface area (TPSA) is 58.4 Å². The van der Waals surface area contributed by atoms with E-state index in [2.05, 4.69) is 12.0 Å². The lowest BCUT2D eigenvalue weighted by Gasteiger charge is -2.42. The summed E-state index contributed by atoms with van der Waals surface area (Å²) in [5, 5.41) is 14.5. The van der Waals surface area contributed by atoms with Gasteiger partial charge < -0.3 is 10.0 Å². The highest BCUT2D eigenvalue weighted by atomic mass is 19.1. The van der Waals surface area contributed by atoms with Crippen LogP contribution in [-0.4, -0.2) is 45.4 Å². The number of aliphatic hydroxyl groups is 1. The number of carbonyl (C=O) groups excluding carboxylic acids is 1. The van der Waals surface area contributed by atoms with Crippen molar-refractivity contribution in [3.05, 3.63) is 52.9 Å². The lowest BCUT2D eigenvalue weighted by Crippen LogP contribution is -2.49. The minimum Gasteiger partial charge on any atom is -0.396 e. The van der Waals surface area contributed by atoms with E-state index in [1.165, 1.54) is 12.1 Å². The number of likely N-dealkylation sites (tertiary alicyclic amines) is 1. The molecule has 0 unspecified atom stereocenters. The summed E-state index contributed by atoms with van der Waals surface area (Å²) in [4.78, 5) is 14.8. The summed E-state index contributed by atoms with van der Waals surface area (Å²) in [5.41, 5.74) is 1.12. The summed E-state index contributed by atoms with van der Waals surface area (Å²) in [6, 6.07) is 5.32. The molecule has 28 heavy (non-hydrogen) atoms. The number of piperidine rings is 1. The zero-order valence-electron chi connectivity index (χ0n) is 16.4. The number of hydrogen-bond donors (Lipinski definition) is 1. The van der Waals surface area contributed by atoms with E-state index in [0.29, 0.717) is 30.8 Å². The van der Waals surface area contributed by atoms with E-state index in [0.717, 1.165) is 31.0 Å². The molecule has 5 nitrogen and oxygen atoms in total. The van der Waals surface area contributed by atoms with Gasteiger partial charge in [0, 0.05) is 31.6 Å². The molecule has 1 saturated heterocycles. The van der Waals surface area contributed by atoms with Crippen LogP contribution in [-0.2, 0) is 19.9 Å². The first kappa shape index (κ1) is 20.5. The highest BCUT2D eigenvalue weighted by Gasteiger charge is 2.38. The molecule has 152 valence electrons. The monoisotopic (exact) mass is 391 g/mol. The van der Waals surface area contributed by atoms with Crippen LogP contribution in [0.5, 0.6) is 0 Å². The van der Waals surface area contributed by atoms with Gasteiger partial charge in [0.15, 0.2) is 0 Å². The molecule has 0 spiro atoms. The Bertz CT molecular complexity index is 852. The molecule has 1 aliphatic rings. The van der Waals surface area contributed by atoms with Gasteiger partial charge in [0.05, 0.1) is 12.3 Å². The van der Waals surface area contributed by atoms with Crippen molar-refractivity contribution in [2.45, 2.75) is 39.0 Å². The second-order valence-electron chi connectivity index (χ2n) is 7.80. The molecule has 1 aromatic heterocycles. The number of rotatable bonds is 6. The van der Waals surface area contributed by atoms with Crippen LogP contribution in [0.3, 0.4) is 0 Å². The fourth-order valence-electron chi connectivity index (χ4n) is 4.05. The molecule has 1 fully saturated rings. The van der Waals surface area contributed by atoms with Gasteiger partial charge in [-0.15, -0.1) is 0 Å². The van der Waals surface area contributed by atoms with Gasteiger partial charge in [-0.05, 0) is 43.4 Å². The molecule has 1 aromatic carbocycles. The first-order valence-electron chi connectivity index (χ1n) is 9.74. The minimum atomic E-state index is -0.641. The lowest BCUT2D eigenvalue weighted by molar-refractivity contribution is 0.0261. The molecular weight excluding hydrogens is 364 g/mol. The largest absolute Gasteiger partial charge is 0.396 e. The standard InChI is InChI=1S/C21H27F2N3O2/c1-3-5-17-11-19(25(2)24-17)20(28)26-9-4-8-21(13-26,14-27)12-15-6-7-16(22)10-18(15)23/h6-7,10-11,27H,3-5,8-9,12-14H2,1-2H3/t21-/m1/s1. The molecule has 0 saturated carbocycles. The van der Waals surface area contributed by atoms with Crippen LogP contribution in [0.1, 0.15) is 47.9 Å². The number of carbonyl (C=O) groups is 1. The van der Waals surface area contributed by atoms with Crippen LogP contribution in [0.25, 0.3) is 0 Å².